The van der Waals surface area contributed by atoms with E-state index in [2.05, 4.69) is 21.2 Å². The molecule has 0 radical (unpaired) electrons. The maximum atomic E-state index is 6.23. The van der Waals surface area contributed by atoms with E-state index in [1.165, 1.54) is 17.3 Å². The highest BCUT2D eigenvalue weighted by molar-refractivity contribution is 7.99. The highest BCUT2D eigenvalue weighted by Gasteiger charge is 2.13. The predicted molar refractivity (Wildman–Crippen MR) is 76.5 cm³/mol. The predicted octanol–water partition coefficient (Wildman–Crippen LogP) is 2.22. The molecule has 0 amide bonds. The molecule has 1 unspecified atom stereocenters. The first kappa shape index (κ1) is 13.9. The molecule has 0 spiro atoms. The summed E-state index contributed by atoms with van der Waals surface area (Å²) in [6, 6.07) is 5.92. The van der Waals surface area contributed by atoms with E-state index in [9.17, 15) is 0 Å². The smallest absolute Gasteiger partial charge is 0.208 e. The summed E-state index contributed by atoms with van der Waals surface area (Å²) >= 11 is 1.54. The van der Waals surface area contributed by atoms with Crippen LogP contribution in [0.25, 0.3) is 0 Å². The van der Waals surface area contributed by atoms with Crippen LogP contribution in [-0.2, 0) is 0 Å². The van der Waals surface area contributed by atoms with Crippen LogP contribution in [0.3, 0.4) is 0 Å². The zero-order valence-electron chi connectivity index (χ0n) is 11.3. The van der Waals surface area contributed by atoms with E-state index >= 15 is 0 Å². The topological polar surface area (TPSA) is 76.8 Å². The lowest BCUT2D eigenvalue weighted by Gasteiger charge is -2.15. The van der Waals surface area contributed by atoms with E-state index in [4.69, 9.17) is 10.5 Å². The Kier molecular flexibility index (Phi) is 4.44. The molecular formula is C13H18N4OS. The molecule has 19 heavy (non-hydrogen) atoms. The first-order chi connectivity index (χ1) is 9.10. The molecule has 5 nitrogen and oxygen atoms in total. The Morgan fingerprint density at radius 3 is 2.84 bits per heavy atom. The fourth-order valence-electron chi connectivity index (χ4n) is 1.78. The minimum atomic E-state index is -0.112. The number of aryl methyl sites for hydroxylation is 2. The van der Waals surface area contributed by atoms with Gasteiger partial charge in [-0.05, 0) is 19.9 Å². The lowest BCUT2D eigenvalue weighted by atomic mass is 10.1. The number of H-pyrrole nitrogens is 1. The molecule has 0 saturated carbocycles. The number of aromatic amines is 1. The maximum Gasteiger partial charge on any atom is 0.208 e. The fraction of sp³-hybridized carbons (Fsp3) is 0.385. The third-order valence-electron chi connectivity index (χ3n) is 2.75. The number of nitrogens with two attached hydrogens (primary N) is 1. The van der Waals surface area contributed by atoms with Crippen LogP contribution in [0.2, 0.25) is 0 Å². The summed E-state index contributed by atoms with van der Waals surface area (Å²) in [4.78, 5) is 4.25. The SMILES string of the molecule is COc1ccc(C)cc1C(N)CSc1n[nH]c(C)n1. The molecule has 1 aromatic carbocycles. The molecule has 2 rings (SSSR count). The van der Waals surface area contributed by atoms with Gasteiger partial charge in [0, 0.05) is 17.4 Å². The van der Waals surface area contributed by atoms with Crippen LogP contribution in [0.5, 0.6) is 5.75 Å². The van der Waals surface area contributed by atoms with Crippen molar-refractivity contribution in [1.82, 2.24) is 15.2 Å². The van der Waals surface area contributed by atoms with Gasteiger partial charge in [-0.15, -0.1) is 5.10 Å². The average Bonchev–Trinajstić information content (AvgIpc) is 2.81. The summed E-state index contributed by atoms with van der Waals surface area (Å²) in [5, 5.41) is 7.62. The summed E-state index contributed by atoms with van der Waals surface area (Å²) < 4.78 is 5.35. The minimum Gasteiger partial charge on any atom is -0.496 e. The molecule has 0 aliphatic heterocycles. The number of methoxy groups -OCH3 is 1. The third-order valence-corrected chi connectivity index (χ3v) is 3.72. The zero-order chi connectivity index (χ0) is 13.8. The van der Waals surface area contributed by atoms with Crippen LogP contribution in [0, 0.1) is 13.8 Å². The number of hydrogen-bond acceptors (Lipinski definition) is 5. The van der Waals surface area contributed by atoms with Crippen molar-refractivity contribution in [3.8, 4) is 5.75 Å². The molecule has 3 N–H and O–H groups in total. The molecule has 102 valence electrons. The van der Waals surface area contributed by atoms with Crippen molar-refractivity contribution in [3.05, 3.63) is 35.2 Å². The summed E-state index contributed by atoms with van der Waals surface area (Å²) in [5.74, 6) is 2.34. The second kappa shape index (κ2) is 6.08. The van der Waals surface area contributed by atoms with Crippen molar-refractivity contribution in [2.45, 2.75) is 25.0 Å². The summed E-state index contributed by atoms with van der Waals surface area (Å²) in [6.07, 6.45) is 0. The normalized spacial score (nSPS) is 12.4. The molecular weight excluding hydrogens is 260 g/mol. The molecule has 6 heteroatoms. The van der Waals surface area contributed by atoms with Gasteiger partial charge in [-0.25, -0.2) is 4.98 Å². The quantitative estimate of drug-likeness (QED) is 0.820. The Morgan fingerprint density at radius 2 is 2.21 bits per heavy atom. The van der Waals surface area contributed by atoms with Crippen LogP contribution < -0.4 is 10.5 Å². The van der Waals surface area contributed by atoms with Crippen molar-refractivity contribution < 1.29 is 4.74 Å². The van der Waals surface area contributed by atoms with Gasteiger partial charge in [-0.2, -0.15) is 0 Å². The minimum absolute atomic E-state index is 0.112. The van der Waals surface area contributed by atoms with Crippen LogP contribution in [0.15, 0.2) is 23.4 Å². The number of benzene rings is 1. The van der Waals surface area contributed by atoms with Crippen LogP contribution in [0.4, 0.5) is 0 Å². The Morgan fingerprint density at radius 1 is 1.42 bits per heavy atom. The maximum absolute atomic E-state index is 6.23. The van der Waals surface area contributed by atoms with E-state index in [1.54, 1.807) is 7.11 Å². The molecule has 0 bridgehead atoms. The van der Waals surface area contributed by atoms with Crippen molar-refractivity contribution in [3.63, 3.8) is 0 Å². The van der Waals surface area contributed by atoms with Gasteiger partial charge in [0.15, 0.2) is 0 Å². The number of rotatable bonds is 5. The molecule has 0 fully saturated rings. The van der Waals surface area contributed by atoms with Gasteiger partial charge in [-0.3, -0.25) is 5.10 Å². The van der Waals surface area contributed by atoms with E-state index in [0.29, 0.717) is 5.75 Å². The highest BCUT2D eigenvalue weighted by Crippen LogP contribution is 2.28. The second-order valence-electron chi connectivity index (χ2n) is 4.37. The number of nitrogens with one attached hydrogen (secondary N) is 1. The largest absolute Gasteiger partial charge is 0.496 e. The van der Waals surface area contributed by atoms with E-state index < -0.39 is 0 Å². The van der Waals surface area contributed by atoms with Gasteiger partial charge in [0.25, 0.3) is 0 Å². The number of nitrogens with zero attached hydrogens (tertiary/aromatic N) is 2. The van der Waals surface area contributed by atoms with Gasteiger partial charge in [0.1, 0.15) is 11.6 Å². The Balaban J connectivity index is 2.06. The Labute approximate surface area is 117 Å². The summed E-state index contributed by atoms with van der Waals surface area (Å²) in [6.45, 7) is 3.92. The molecule has 0 aliphatic carbocycles. The van der Waals surface area contributed by atoms with Gasteiger partial charge in [-0.1, -0.05) is 29.5 Å². The second-order valence-corrected chi connectivity index (χ2v) is 5.35. The lowest BCUT2D eigenvalue weighted by Crippen LogP contribution is -2.14. The number of thioether (sulfide) groups is 1. The zero-order valence-corrected chi connectivity index (χ0v) is 12.1. The van der Waals surface area contributed by atoms with E-state index in [0.717, 1.165) is 22.3 Å². The van der Waals surface area contributed by atoms with Gasteiger partial charge < -0.3 is 10.5 Å². The lowest BCUT2D eigenvalue weighted by molar-refractivity contribution is 0.407. The first-order valence-corrected chi connectivity index (χ1v) is 7.00. The molecule has 1 heterocycles. The third kappa shape index (κ3) is 3.48. The van der Waals surface area contributed by atoms with Crippen LogP contribution in [0.1, 0.15) is 23.0 Å². The average molecular weight is 278 g/mol. The standard InChI is InChI=1S/C13H18N4OS/c1-8-4-5-12(18-3)10(6-8)11(14)7-19-13-15-9(2)16-17-13/h4-6,11H,7,14H2,1-3H3,(H,15,16,17). The van der Waals surface area contributed by atoms with Crippen LogP contribution >= 0.6 is 11.8 Å². The van der Waals surface area contributed by atoms with Gasteiger partial charge >= 0.3 is 0 Å². The van der Waals surface area contributed by atoms with Crippen LogP contribution in [-0.4, -0.2) is 28.0 Å². The summed E-state index contributed by atoms with van der Waals surface area (Å²) in [5.41, 5.74) is 8.42. The molecule has 1 atom stereocenters. The Bertz CT molecular complexity index is 555. The Hall–Kier alpha value is -1.53. The van der Waals surface area contributed by atoms with Crippen molar-refractivity contribution >= 4 is 11.8 Å². The molecule has 0 aliphatic rings. The van der Waals surface area contributed by atoms with Crippen molar-refractivity contribution in [2.24, 2.45) is 5.73 Å². The number of aromatic nitrogens is 3. The van der Waals surface area contributed by atoms with Gasteiger partial charge in [0.05, 0.1) is 7.11 Å². The molecule has 1 aromatic heterocycles. The molecule has 0 saturated heterocycles. The highest BCUT2D eigenvalue weighted by atomic mass is 32.2. The summed E-state index contributed by atoms with van der Waals surface area (Å²) in [7, 11) is 1.66. The van der Waals surface area contributed by atoms with E-state index in [-0.39, 0.29) is 6.04 Å². The number of hydrogen-bond donors (Lipinski definition) is 2. The van der Waals surface area contributed by atoms with E-state index in [1.807, 2.05) is 26.0 Å². The fourth-order valence-corrected chi connectivity index (χ4v) is 2.60. The van der Waals surface area contributed by atoms with Gasteiger partial charge in [0.2, 0.25) is 5.16 Å². The van der Waals surface area contributed by atoms with Crippen molar-refractivity contribution in [2.75, 3.05) is 12.9 Å². The first-order valence-electron chi connectivity index (χ1n) is 6.02. The number of ether oxygens (including phenoxy) is 1. The molecule has 2 aromatic rings. The monoisotopic (exact) mass is 278 g/mol. The van der Waals surface area contributed by atoms with Crippen molar-refractivity contribution in [1.29, 1.82) is 0 Å².